The molecule has 0 unspecified atom stereocenters. The number of carbonyl (C=O) groups is 3. The lowest BCUT2D eigenvalue weighted by Crippen LogP contribution is -2.43. The Morgan fingerprint density at radius 1 is 1.03 bits per heavy atom. The SMILES string of the molecule is CC[C@@H](CC(=O)N[C@@H]1CCC[C@H]1CC(=O)O)NC(=O)OCC1c2ccccc2-c2ccccc21. The minimum Gasteiger partial charge on any atom is -0.481 e. The summed E-state index contributed by atoms with van der Waals surface area (Å²) in [6, 6.07) is 15.9. The number of ether oxygens (including phenoxy) is 1. The first-order valence-electron chi connectivity index (χ1n) is 12.1. The molecule has 1 fully saturated rings. The molecule has 2 aromatic carbocycles. The summed E-state index contributed by atoms with van der Waals surface area (Å²) in [5.74, 6) is -1.06. The number of carboxylic acids is 1. The second-order valence-electron chi connectivity index (χ2n) is 9.24. The zero-order chi connectivity index (χ0) is 24.1. The Hall–Kier alpha value is -3.35. The molecule has 34 heavy (non-hydrogen) atoms. The van der Waals surface area contributed by atoms with Gasteiger partial charge in [0.1, 0.15) is 6.61 Å². The van der Waals surface area contributed by atoms with Gasteiger partial charge < -0.3 is 20.5 Å². The van der Waals surface area contributed by atoms with Gasteiger partial charge in [-0.1, -0.05) is 61.9 Å². The Balaban J connectivity index is 1.29. The van der Waals surface area contributed by atoms with Crippen LogP contribution in [0.4, 0.5) is 4.79 Å². The normalized spacial score (nSPS) is 19.7. The van der Waals surface area contributed by atoms with Gasteiger partial charge in [0.2, 0.25) is 5.91 Å². The molecule has 0 aliphatic heterocycles. The summed E-state index contributed by atoms with van der Waals surface area (Å²) in [7, 11) is 0. The molecule has 3 N–H and O–H groups in total. The smallest absolute Gasteiger partial charge is 0.407 e. The predicted octanol–water partition coefficient (Wildman–Crippen LogP) is 4.45. The topological polar surface area (TPSA) is 105 Å². The van der Waals surface area contributed by atoms with Crippen molar-refractivity contribution in [2.45, 2.75) is 63.5 Å². The minimum absolute atomic E-state index is 0.0185. The van der Waals surface area contributed by atoms with Crippen molar-refractivity contribution in [3.63, 3.8) is 0 Å². The number of benzene rings is 2. The highest BCUT2D eigenvalue weighted by molar-refractivity contribution is 5.80. The van der Waals surface area contributed by atoms with Gasteiger partial charge in [0.15, 0.2) is 0 Å². The van der Waals surface area contributed by atoms with Crippen LogP contribution in [0.15, 0.2) is 48.5 Å². The van der Waals surface area contributed by atoms with Crippen molar-refractivity contribution in [1.29, 1.82) is 0 Å². The van der Waals surface area contributed by atoms with E-state index in [2.05, 4.69) is 34.9 Å². The molecule has 4 rings (SSSR count). The van der Waals surface area contributed by atoms with Crippen LogP contribution in [0.3, 0.4) is 0 Å². The van der Waals surface area contributed by atoms with Gasteiger partial charge in [-0.15, -0.1) is 0 Å². The van der Waals surface area contributed by atoms with Crippen molar-refractivity contribution in [1.82, 2.24) is 10.6 Å². The number of nitrogens with one attached hydrogen (secondary N) is 2. The highest BCUT2D eigenvalue weighted by Gasteiger charge is 2.31. The zero-order valence-corrected chi connectivity index (χ0v) is 19.5. The second kappa shape index (κ2) is 10.7. The Labute approximate surface area is 199 Å². The molecule has 2 amide bonds. The third-order valence-corrected chi connectivity index (χ3v) is 7.03. The highest BCUT2D eigenvalue weighted by Crippen LogP contribution is 2.44. The molecule has 0 heterocycles. The van der Waals surface area contributed by atoms with E-state index < -0.39 is 12.1 Å². The van der Waals surface area contributed by atoms with Crippen molar-refractivity contribution in [2.75, 3.05) is 6.61 Å². The van der Waals surface area contributed by atoms with Gasteiger partial charge >= 0.3 is 12.1 Å². The number of alkyl carbamates (subject to hydrolysis) is 1. The van der Waals surface area contributed by atoms with Crippen LogP contribution in [-0.2, 0) is 14.3 Å². The van der Waals surface area contributed by atoms with E-state index in [1.807, 2.05) is 31.2 Å². The molecule has 7 heteroatoms. The van der Waals surface area contributed by atoms with Gasteiger partial charge in [0.05, 0.1) is 6.42 Å². The molecule has 0 spiro atoms. The lowest BCUT2D eigenvalue weighted by Gasteiger charge is -2.22. The van der Waals surface area contributed by atoms with E-state index >= 15 is 0 Å². The molecule has 2 aliphatic rings. The maximum atomic E-state index is 12.6. The van der Waals surface area contributed by atoms with Crippen LogP contribution < -0.4 is 10.6 Å². The monoisotopic (exact) mass is 464 g/mol. The van der Waals surface area contributed by atoms with Gasteiger partial charge in [-0.05, 0) is 47.4 Å². The fraction of sp³-hybridized carbons (Fsp3) is 0.444. The molecule has 0 saturated heterocycles. The average Bonchev–Trinajstić information content (AvgIpc) is 3.38. The van der Waals surface area contributed by atoms with Crippen LogP contribution in [0.25, 0.3) is 11.1 Å². The molecular formula is C27H32N2O5. The predicted molar refractivity (Wildman–Crippen MR) is 128 cm³/mol. The lowest BCUT2D eigenvalue weighted by molar-refractivity contribution is -0.138. The number of hydrogen-bond donors (Lipinski definition) is 3. The summed E-state index contributed by atoms with van der Waals surface area (Å²) in [5.41, 5.74) is 4.64. The van der Waals surface area contributed by atoms with Crippen LogP contribution in [0.1, 0.15) is 62.5 Å². The van der Waals surface area contributed by atoms with Gasteiger partial charge in [0.25, 0.3) is 0 Å². The Bertz CT molecular complexity index is 1010. The van der Waals surface area contributed by atoms with Crippen LogP contribution in [0, 0.1) is 5.92 Å². The molecular weight excluding hydrogens is 432 g/mol. The van der Waals surface area contributed by atoms with Crippen LogP contribution >= 0.6 is 0 Å². The van der Waals surface area contributed by atoms with E-state index in [-0.39, 0.29) is 49.3 Å². The second-order valence-corrected chi connectivity index (χ2v) is 9.24. The number of amides is 2. The van der Waals surface area contributed by atoms with Crippen LogP contribution in [0.5, 0.6) is 0 Å². The fourth-order valence-corrected chi connectivity index (χ4v) is 5.29. The summed E-state index contributed by atoms with van der Waals surface area (Å²) in [6.45, 7) is 2.13. The maximum absolute atomic E-state index is 12.6. The third kappa shape index (κ3) is 5.41. The first-order valence-corrected chi connectivity index (χ1v) is 12.1. The van der Waals surface area contributed by atoms with E-state index in [9.17, 15) is 14.4 Å². The Morgan fingerprint density at radius 3 is 2.29 bits per heavy atom. The molecule has 2 aromatic rings. The largest absolute Gasteiger partial charge is 0.481 e. The molecule has 3 atom stereocenters. The van der Waals surface area contributed by atoms with Gasteiger partial charge in [0, 0.05) is 24.4 Å². The summed E-state index contributed by atoms with van der Waals surface area (Å²) >= 11 is 0. The minimum atomic E-state index is -0.838. The number of carbonyl (C=O) groups excluding carboxylic acids is 2. The Morgan fingerprint density at radius 2 is 1.68 bits per heavy atom. The summed E-state index contributed by atoms with van der Waals surface area (Å²) in [5, 5.41) is 14.9. The molecule has 0 radical (unpaired) electrons. The third-order valence-electron chi connectivity index (χ3n) is 7.03. The van der Waals surface area contributed by atoms with Crippen LogP contribution in [0.2, 0.25) is 0 Å². The standard InChI is InChI=1S/C27H32N2O5/c1-2-18(15-25(30)29-24-13-7-8-17(24)14-26(31)32)28-27(33)34-16-23-21-11-5-3-9-19(21)20-10-4-6-12-22(20)23/h3-6,9-12,17-18,23-24H,2,7-8,13-16H2,1H3,(H,28,33)(H,29,30)(H,31,32)/t17-,18-,24+/m0/s1. The van der Waals surface area contributed by atoms with Gasteiger partial charge in [-0.3, -0.25) is 9.59 Å². The zero-order valence-electron chi connectivity index (χ0n) is 19.5. The highest BCUT2D eigenvalue weighted by atomic mass is 16.5. The van der Waals surface area contributed by atoms with Gasteiger partial charge in [-0.25, -0.2) is 4.79 Å². The molecule has 180 valence electrons. The van der Waals surface area contributed by atoms with E-state index in [0.717, 1.165) is 30.4 Å². The van der Waals surface area contributed by atoms with Crippen molar-refractivity contribution >= 4 is 18.0 Å². The first kappa shape index (κ1) is 23.8. The number of carboxylic acid groups (broad SMARTS) is 1. The molecule has 7 nitrogen and oxygen atoms in total. The fourth-order valence-electron chi connectivity index (χ4n) is 5.29. The first-order chi connectivity index (χ1) is 16.5. The number of aliphatic carboxylic acids is 1. The van der Waals surface area contributed by atoms with E-state index in [4.69, 9.17) is 9.84 Å². The summed E-state index contributed by atoms with van der Waals surface area (Å²) in [6.07, 6.45) is 2.77. The lowest BCUT2D eigenvalue weighted by atomic mass is 9.98. The van der Waals surface area contributed by atoms with Crippen LogP contribution in [-0.4, -0.2) is 41.8 Å². The number of fused-ring (bicyclic) bond motifs is 3. The van der Waals surface area contributed by atoms with Crippen molar-refractivity contribution in [3.05, 3.63) is 59.7 Å². The molecule has 0 aromatic heterocycles. The quantitative estimate of drug-likeness (QED) is 0.508. The van der Waals surface area contributed by atoms with Crippen molar-refractivity contribution < 1.29 is 24.2 Å². The van der Waals surface area contributed by atoms with Crippen molar-refractivity contribution in [2.24, 2.45) is 5.92 Å². The molecule has 0 bridgehead atoms. The van der Waals surface area contributed by atoms with E-state index in [1.165, 1.54) is 11.1 Å². The average molecular weight is 465 g/mol. The van der Waals surface area contributed by atoms with Crippen molar-refractivity contribution in [3.8, 4) is 11.1 Å². The molecule has 1 saturated carbocycles. The van der Waals surface area contributed by atoms with E-state index in [1.54, 1.807) is 0 Å². The van der Waals surface area contributed by atoms with Gasteiger partial charge in [-0.2, -0.15) is 0 Å². The summed E-state index contributed by atoms with van der Waals surface area (Å²) < 4.78 is 5.60. The summed E-state index contributed by atoms with van der Waals surface area (Å²) in [4.78, 5) is 36.2. The molecule has 2 aliphatic carbocycles. The number of rotatable bonds is 9. The maximum Gasteiger partial charge on any atom is 0.407 e. The van der Waals surface area contributed by atoms with E-state index in [0.29, 0.717) is 6.42 Å². The Kier molecular flexibility index (Phi) is 7.50. The number of hydrogen-bond acceptors (Lipinski definition) is 4.